The van der Waals surface area contributed by atoms with Gasteiger partial charge < -0.3 is 10.6 Å². The summed E-state index contributed by atoms with van der Waals surface area (Å²) < 4.78 is 0. The highest BCUT2D eigenvalue weighted by Gasteiger charge is 2.31. The van der Waals surface area contributed by atoms with E-state index in [0.717, 1.165) is 6.42 Å². The summed E-state index contributed by atoms with van der Waals surface area (Å²) in [5.74, 6) is 0.156. The van der Waals surface area contributed by atoms with Gasteiger partial charge in [0.15, 0.2) is 0 Å². The molecule has 3 nitrogen and oxygen atoms in total. The van der Waals surface area contributed by atoms with Crippen LogP contribution in [0.4, 0.5) is 0 Å². The third-order valence-corrected chi connectivity index (χ3v) is 2.39. The first-order chi connectivity index (χ1) is 4.86. The van der Waals surface area contributed by atoms with E-state index in [1.807, 2.05) is 0 Å². The summed E-state index contributed by atoms with van der Waals surface area (Å²) in [5, 5.41) is 6.20. The van der Waals surface area contributed by atoms with E-state index in [1.54, 1.807) is 0 Å². The maximum atomic E-state index is 10.8. The molecule has 0 unspecified atom stereocenters. The molecular weight excluding hydrogens is 128 g/mol. The van der Waals surface area contributed by atoms with Gasteiger partial charge in [-0.25, -0.2) is 0 Å². The number of hydrogen-bond acceptors (Lipinski definition) is 2. The van der Waals surface area contributed by atoms with E-state index in [9.17, 15) is 4.79 Å². The van der Waals surface area contributed by atoms with Crippen molar-refractivity contribution in [1.82, 2.24) is 10.6 Å². The van der Waals surface area contributed by atoms with Crippen LogP contribution in [0.1, 0.15) is 19.3 Å². The Morgan fingerprint density at radius 1 is 1.30 bits per heavy atom. The molecule has 2 atom stereocenters. The van der Waals surface area contributed by atoms with Gasteiger partial charge in [0.05, 0.1) is 6.54 Å². The largest absolute Gasteiger partial charge is 0.351 e. The molecule has 2 aliphatic rings. The summed E-state index contributed by atoms with van der Waals surface area (Å²) in [6.07, 6.45) is 3.64. The Morgan fingerprint density at radius 2 is 2.10 bits per heavy atom. The molecule has 3 heteroatoms. The van der Waals surface area contributed by atoms with Gasteiger partial charge in [0.2, 0.25) is 5.91 Å². The van der Waals surface area contributed by atoms with Crippen LogP contribution in [0.3, 0.4) is 0 Å². The number of nitrogens with one attached hydrogen (secondary N) is 2. The van der Waals surface area contributed by atoms with Crippen LogP contribution in [0.15, 0.2) is 0 Å². The highest BCUT2D eigenvalue weighted by atomic mass is 16.2. The third kappa shape index (κ3) is 0.904. The SMILES string of the molecule is O=C1CN[C@@H]2CCC[C@H]2N1. The molecule has 0 aromatic rings. The van der Waals surface area contributed by atoms with Crippen LogP contribution in [-0.2, 0) is 4.79 Å². The van der Waals surface area contributed by atoms with Gasteiger partial charge in [0, 0.05) is 12.1 Å². The van der Waals surface area contributed by atoms with E-state index in [2.05, 4.69) is 10.6 Å². The summed E-state index contributed by atoms with van der Waals surface area (Å²) in [6, 6.07) is 0.999. The predicted molar refractivity (Wildman–Crippen MR) is 37.6 cm³/mol. The molecule has 1 aliphatic heterocycles. The van der Waals surface area contributed by atoms with Crippen LogP contribution in [-0.4, -0.2) is 24.5 Å². The second-order valence-electron chi connectivity index (χ2n) is 3.09. The van der Waals surface area contributed by atoms with E-state index < -0.39 is 0 Å². The van der Waals surface area contributed by atoms with Crippen molar-refractivity contribution in [2.75, 3.05) is 6.54 Å². The average molecular weight is 140 g/mol. The molecule has 2 rings (SSSR count). The molecule has 0 radical (unpaired) electrons. The molecule has 10 heavy (non-hydrogen) atoms. The number of carbonyl (C=O) groups excluding carboxylic acids is 1. The lowest BCUT2D eigenvalue weighted by Gasteiger charge is -2.27. The number of hydrogen-bond donors (Lipinski definition) is 2. The first-order valence-corrected chi connectivity index (χ1v) is 3.89. The molecule has 1 amide bonds. The lowest BCUT2D eigenvalue weighted by atomic mass is 10.1. The second-order valence-corrected chi connectivity index (χ2v) is 3.09. The quantitative estimate of drug-likeness (QED) is 0.482. The highest BCUT2D eigenvalue weighted by molar-refractivity contribution is 5.79. The minimum Gasteiger partial charge on any atom is -0.351 e. The number of rotatable bonds is 0. The van der Waals surface area contributed by atoms with Gasteiger partial charge in [0.25, 0.3) is 0 Å². The van der Waals surface area contributed by atoms with Crippen LogP contribution >= 0.6 is 0 Å². The fourth-order valence-electron chi connectivity index (χ4n) is 1.86. The summed E-state index contributed by atoms with van der Waals surface area (Å²) in [4.78, 5) is 10.8. The van der Waals surface area contributed by atoms with Crippen LogP contribution in [0.2, 0.25) is 0 Å². The number of amides is 1. The van der Waals surface area contributed by atoms with Gasteiger partial charge in [-0.3, -0.25) is 4.79 Å². The van der Waals surface area contributed by atoms with Crippen molar-refractivity contribution in [3.63, 3.8) is 0 Å². The molecule has 1 aliphatic carbocycles. The molecule has 2 N–H and O–H groups in total. The van der Waals surface area contributed by atoms with Crippen molar-refractivity contribution in [1.29, 1.82) is 0 Å². The number of fused-ring (bicyclic) bond motifs is 1. The van der Waals surface area contributed by atoms with Gasteiger partial charge >= 0.3 is 0 Å². The fraction of sp³-hybridized carbons (Fsp3) is 0.857. The zero-order chi connectivity index (χ0) is 6.97. The minimum atomic E-state index is 0.156. The van der Waals surface area contributed by atoms with Crippen LogP contribution in [0.5, 0.6) is 0 Å². The van der Waals surface area contributed by atoms with E-state index in [0.29, 0.717) is 18.6 Å². The zero-order valence-corrected chi connectivity index (χ0v) is 5.89. The fourth-order valence-corrected chi connectivity index (χ4v) is 1.86. The minimum absolute atomic E-state index is 0.156. The van der Waals surface area contributed by atoms with Crippen molar-refractivity contribution in [3.05, 3.63) is 0 Å². The molecule has 1 heterocycles. The number of piperazine rings is 1. The van der Waals surface area contributed by atoms with Crippen LogP contribution < -0.4 is 10.6 Å². The van der Waals surface area contributed by atoms with Crippen molar-refractivity contribution in [2.45, 2.75) is 31.3 Å². The Hall–Kier alpha value is -0.570. The van der Waals surface area contributed by atoms with Crippen molar-refractivity contribution >= 4 is 5.91 Å². The lowest BCUT2D eigenvalue weighted by Crippen LogP contribution is -2.56. The third-order valence-electron chi connectivity index (χ3n) is 2.39. The normalized spacial score (nSPS) is 39.0. The molecule has 56 valence electrons. The molecule has 0 spiro atoms. The Labute approximate surface area is 60.2 Å². The molecule has 1 saturated heterocycles. The molecular formula is C7H12N2O. The van der Waals surface area contributed by atoms with Crippen molar-refractivity contribution < 1.29 is 4.79 Å². The van der Waals surface area contributed by atoms with Crippen LogP contribution in [0.25, 0.3) is 0 Å². The maximum Gasteiger partial charge on any atom is 0.234 e. The Kier molecular flexibility index (Phi) is 1.38. The van der Waals surface area contributed by atoms with Crippen molar-refractivity contribution in [2.24, 2.45) is 0 Å². The Morgan fingerprint density at radius 3 is 3.00 bits per heavy atom. The second kappa shape index (κ2) is 2.23. The van der Waals surface area contributed by atoms with Crippen LogP contribution in [0, 0.1) is 0 Å². The Balaban J connectivity index is 2.03. The van der Waals surface area contributed by atoms with Gasteiger partial charge in [-0.05, 0) is 19.3 Å². The summed E-state index contributed by atoms with van der Waals surface area (Å²) in [6.45, 7) is 0.515. The van der Waals surface area contributed by atoms with E-state index in [1.165, 1.54) is 12.8 Å². The first kappa shape index (κ1) is 6.16. The molecule has 2 fully saturated rings. The first-order valence-electron chi connectivity index (χ1n) is 3.89. The molecule has 1 saturated carbocycles. The maximum absolute atomic E-state index is 10.8. The predicted octanol–water partition coefficient (Wildman–Crippen LogP) is -0.373. The monoisotopic (exact) mass is 140 g/mol. The summed E-state index contributed by atoms with van der Waals surface area (Å²) in [7, 11) is 0. The molecule has 0 aromatic heterocycles. The van der Waals surface area contributed by atoms with Crippen molar-refractivity contribution in [3.8, 4) is 0 Å². The average Bonchev–Trinajstić information content (AvgIpc) is 2.33. The topological polar surface area (TPSA) is 41.1 Å². The Bertz CT molecular complexity index is 158. The van der Waals surface area contributed by atoms with Gasteiger partial charge in [0.1, 0.15) is 0 Å². The highest BCUT2D eigenvalue weighted by Crippen LogP contribution is 2.20. The van der Waals surface area contributed by atoms with E-state index in [4.69, 9.17) is 0 Å². The smallest absolute Gasteiger partial charge is 0.234 e. The molecule has 0 aromatic carbocycles. The van der Waals surface area contributed by atoms with Gasteiger partial charge in [-0.15, -0.1) is 0 Å². The molecule has 0 bridgehead atoms. The zero-order valence-electron chi connectivity index (χ0n) is 5.89. The number of carbonyl (C=O) groups is 1. The standard InChI is InChI=1S/C7H12N2O/c10-7-4-8-5-2-1-3-6(5)9-7/h5-6,8H,1-4H2,(H,9,10)/t5-,6-/m1/s1. The lowest BCUT2D eigenvalue weighted by molar-refractivity contribution is -0.122. The summed E-state index contributed by atoms with van der Waals surface area (Å²) in [5.41, 5.74) is 0. The van der Waals surface area contributed by atoms with E-state index in [-0.39, 0.29) is 5.91 Å². The summed E-state index contributed by atoms with van der Waals surface area (Å²) >= 11 is 0. The van der Waals surface area contributed by atoms with E-state index >= 15 is 0 Å². The van der Waals surface area contributed by atoms with Gasteiger partial charge in [-0.1, -0.05) is 0 Å². The van der Waals surface area contributed by atoms with Gasteiger partial charge in [-0.2, -0.15) is 0 Å².